The summed E-state index contributed by atoms with van der Waals surface area (Å²) in [6.07, 6.45) is 1.19. The van der Waals surface area contributed by atoms with Crippen molar-refractivity contribution in [1.29, 1.82) is 0 Å². The number of hydrogen-bond donors (Lipinski definition) is 1. The van der Waals surface area contributed by atoms with E-state index >= 15 is 0 Å². The Morgan fingerprint density at radius 2 is 1.97 bits per heavy atom. The molecule has 1 unspecified atom stereocenters. The van der Waals surface area contributed by atoms with E-state index in [4.69, 9.17) is 4.74 Å². The molecule has 1 atom stereocenters. The highest BCUT2D eigenvalue weighted by Gasteiger charge is 2.27. The molecule has 30 heavy (non-hydrogen) atoms. The topological polar surface area (TPSA) is 43.3 Å². The zero-order chi connectivity index (χ0) is 20.6. The standard InChI is InChI=1S/C22H36FN5O.HI/c1-4-27(5-2)21-7-6-18(14-20(21)23)15-25-22(24-3)28-9-8-19(17-28)16-26-10-12-29-13-11-26;/h6-7,14,19H,4-5,8-13,15-17H2,1-3H3,(H,24,25);1H. The normalized spacial score (nSPS) is 20.2. The van der Waals surface area contributed by atoms with E-state index in [0.717, 1.165) is 70.6 Å². The van der Waals surface area contributed by atoms with Gasteiger partial charge in [0, 0.05) is 59.4 Å². The van der Waals surface area contributed by atoms with Crippen molar-refractivity contribution >= 4 is 35.6 Å². The number of morpholine rings is 1. The monoisotopic (exact) mass is 533 g/mol. The molecule has 0 amide bonds. The van der Waals surface area contributed by atoms with Crippen LogP contribution in [0, 0.1) is 11.7 Å². The van der Waals surface area contributed by atoms with E-state index in [2.05, 4.69) is 20.1 Å². The van der Waals surface area contributed by atoms with Gasteiger partial charge in [0.25, 0.3) is 0 Å². The Labute approximate surface area is 197 Å². The summed E-state index contributed by atoms with van der Waals surface area (Å²) in [5.74, 6) is 1.41. The predicted octanol–water partition coefficient (Wildman–Crippen LogP) is 3.02. The highest BCUT2D eigenvalue weighted by Crippen LogP contribution is 2.21. The molecule has 3 rings (SSSR count). The summed E-state index contributed by atoms with van der Waals surface area (Å²) in [4.78, 5) is 11.3. The number of likely N-dealkylation sites (tertiary alicyclic amines) is 1. The molecule has 1 aromatic rings. The largest absolute Gasteiger partial charge is 0.379 e. The third-order valence-corrected chi connectivity index (χ3v) is 5.98. The molecule has 0 bridgehead atoms. The molecule has 1 aromatic carbocycles. The fourth-order valence-electron chi connectivity index (χ4n) is 4.32. The van der Waals surface area contributed by atoms with Gasteiger partial charge < -0.3 is 19.9 Å². The van der Waals surface area contributed by atoms with E-state index in [1.807, 2.05) is 37.9 Å². The number of halogens is 2. The third-order valence-electron chi connectivity index (χ3n) is 5.98. The molecule has 1 N–H and O–H groups in total. The van der Waals surface area contributed by atoms with Crippen molar-refractivity contribution in [3.63, 3.8) is 0 Å². The lowest BCUT2D eigenvalue weighted by Gasteiger charge is -2.29. The van der Waals surface area contributed by atoms with Crippen molar-refractivity contribution in [3.8, 4) is 0 Å². The van der Waals surface area contributed by atoms with Crippen LogP contribution in [0.4, 0.5) is 10.1 Å². The number of aliphatic imine (C=N–C) groups is 1. The van der Waals surface area contributed by atoms with Gasteiger partial charge >= 0.3 is 0 Å². The SMILES string of the molecule is CCN(CC)c1ccc(CNC(=NC)N2CCC(CN3CCOCC3)C2)cc1F.I. The van der Waals surface area contributed by atoms with Crippen molar-refractivity contribution < 1.29 is 9.13 Å². The molecule has 0 radical (unpaired) electrons. The molecular formula is C22H37FIN5O. The zero-order valence-corrected chi connectivity index (χ0v) is 20.9. The smallest absolute Gasteiger partial charge is 0.193 e. The lowest BCUT2D eigenvalue weighted by atomic mass is 10.1. The van der Waals surface area contributed by atoms with Crippen molar-refractivity contribution in [2.75, 3.05) is 71.0 Å². The molecule has 170 valence electrons. The van der Waals surface area contributed by atoms with E-state index in [1.54, 1.807) is 6.07 Å². The summed E-state index contributed by atoms with van der Waals surface area (Å²) in [7, 11) is 1.82. The number of anilines is 1. The lowest BCUT2D eigenvalue weighted by Crippen LogP contribution is -2.42. The fraction of sp³-hybridized carbons (Fsp3) is 0.682. The molecule has 8 heteroatoms. The molecule has 2 saturated heterocycles. The van der Waals surface area contributed by atoms with E-state index < -0.39 is 0 Å². The van der Waals surface area contributed by atoms with Crippen LogP contribution in [0.1, 0.15) is 25.8 Å². The number of nitrogens with one attached hydrogen (secondary N) is 1. The van der Waals surface area contributed by atoms with Crippen LogP contribution < -0.4 is 10.2 Å². The highest BCUT2D eigenvalue weighted by atomic mass is 127. The van der Waals surface area contributed by atoms with E-state index in [-0.39, 0.29) is 29.8 Å². The summed E-state index contributed by atoms with van der Waals surface area (Å²) in [5.41, 5.74) is 1.61. The zero-order valence-electron chi connectivity index (χ0n) is 18.6. The van der Waals surface area contributed by atoms with Crippen LogP contribution in [-0.4, -0.2) is 81.8 Å². The van der Waals surface area contributed by atoms with Crippen LogP contribution in [-0.2, 0) is 11.3 Å². The van der Waals surface area contributed by atoms with Crippen LogP contribution in [0.2, 0.25) is 0 Å². The maximum atomic E-state index is 14.5. The number of rotatable bonds is 7. The number of ether oxygens (including phenoxy) is 1. The van der Waals surface area contributed by atoms with Crippen LogP contribution >= 0.6 is 24.0 Å². The Morgan fingerprint density at radius 3 is 2.60 bits per heavy atom. The van der Waals surface area contributed by atoms with Gasteiger partial charge in [-0.1, -0.05) is 6.07 Å². The summed E-state index contributed by atoms with van der Waals surface area (Å²) in [5, 5.41) is 3.42. The van der Waals surface area contributed by atoms with E-state index in [9.17, 15) is 4.39 Å². The van der Waals surface area contributed by atoms with Crippen molar-refractivity contribution in [3.05, 3.63) is 29.6 Å². The Morgan fingerprint density at radius 1 is 1.23 bits per heavy atom. The van der Waals surface area contributed by atoms with Crippen LogP contribution in [0.5, 0.6) is 0 Å². The molecule has 0 saturated carbocycles. The molecule has 0 aliphatic carbocycles. The van der Waals surface area contributed by atoms with Gasteiger partial charge in [-0.2, -0.15) is 0 Å². The van der Waals surface area contributed by atoms with Gasteiger partial charge in [-0.15, -0.1) is 24.0 Å². The first-order valence-electron chi connectivity index (χ1n) is 10.9. The molecule has 2 heterocycles. The van der Waals surface area contributed by atoms with Gasteiger partial charge in [-0.3, -0.25) is 9.89 Å². The van der Waals surface area contributed by atoms with E-state index in [1.165, 1.54) is 6.42 Å². The van der Waals surface area contributed by atoms with Crippen LogP contribution in [0.3, 0.4) is 0 Å². The average molecular weight is 533 g/mol. The Bertz CT molecular complexity index is 679. The van der Waals surface area contributed by atoms with Gasteiger partial charge in [-0.25, -0.2) is 4.39 Å². The minimum absolute atomic E-state index is 0. The minimum Gasteiger partial charge on any atom is -0.379 e. The lowest BCUT2D eigenvalue weighted by molar-refractivity contribution is 0.0315. The number of guanidine groups is 1. The molecule has 6 nitrogen and oxygen atoms in total. The average Bonchev–Trinajstić information content (AvgIpc) is 3.19. The number of hydrogen-bond acceptors (Lipinski definition) is 4. The summed E-state index contributed by atoms with van der Waals surface area (Å²) in [6.45, 7) is 13.2. The molecule has 0 spiro atoms. The quantitative estimate of drug-likeness (QED) is 0.332. The summed E-state index contributed by atoms with van der Waals surface area (Å²) < 4.78 is 20.0. The second kappa shape index (κ2) is 12.7. The third kappa shape index (κ3) is 6.68. The Hall–Kier alpha value is -1.13. The van der Waals surface area contributed by atoms with Crippen molar-refractivity contribution in [2.45, 2.75) is 26.8 Å². The minimum atomic E-state index is -0.158. The molecule has 2 aliphatic heterocycles. The van der Waals surface area contributed by atoms with Gasteiger partial charge in [0.2, 0.25) is 0 Å². The number of nitrogens with zero attached hydrogens (tertiary/aromatic N) is 4. The first-order valence-corrected chi connectivity index (χ1v) is 10.9. The molecule has 2 fully saturated rings. The van der Waals surface area contributed by atoms with Crippen molar-refractivity contribution in [1.82, 2.24) is 15.1 Å². The fourth-order valence-corrected chi connectivity index (χ4v) is 4.32. The summed E-state index contributed by atoms with van der Waals surface area (Å²) >= 11 is 0. The predicted molar refractivity (Wildman–Crippen MR) is 133 cm³/mol. The first kappa shape index (κ1) is 25.1. The second-order valence-electron chi connectivity index (χ2n) is 7.87. The second-order valence-corrected chi connectivity index (χ2v) is 7.87. The molecular weight excluding hydrogens is 496 g/mol. The van der Waals surface area contributed by atoms with Gasteiger partial charge in [0.05, 0.1) is 18.9 Å². The van der Waals surface area contributed by atoms with Crippen LogP contribution in [0.15, 0.2) is 23.2 Å². The van der Waals surface area contributed by atoms with Gasteiger partial charge in [-0.05, 0) is 43.9 Å². The maximum Gasteiger partial charge on any atom is 0.193 e. The molecule has 0 aromatic heterocycles. The Balaban J connectivity index is 0.00000320. The molecule has 2 aliphatic rings. The van der Waals surface area contributed by atoms with Crippen LogP contribution in [0.25, 0.3) is 0 Å². The summed E-state index contributed by atoms with van der Waals surface area (Å²) in [6, 6.07) is 5.53. The van der Waals surface area contributed by atoms with Gasteiger partial charge in [0.15, 0.2) is 5.96 Å². The van der Waals surface area contributed by atoms with E-state index in [0.29, 0.717) is 18.2 Å². The number of benzene rings is 1. The Kier molecular flexibility index (Phi) is 10.6. The first-order chi connectivity index (χ1) is 14.1. The van der Waals surface area contributed by atoms with Gasteiger partial charge in [0.1, 0.15) is 5.82 Å². The van der Waals surface area contributed by atoms with Crippen molar-refractivity contribution in [2.24, 2.45) is 10.9 Å². The maximum absolute atomic E-state index is 14.5. The highest BCUT2D eigenvalue weighted by molar-refractivity contribution is 14.0.